The summed E-state index contributed by atoms with van der Waals surface area (Å²) in [4.78, 5) is 4.48. The first kappa shape index (κ1) is 13.8. The third kappa shape index (κ3) is 2.32. The maximum atomic E-state index is 6.12. The lowest BCUT2D eigenvalue weighted by molar-refractivity contribution is 0.712. The first-order valence-corrected chi connectivity index (χ1v) is 7.78. The molecule has 0 aliphatic carbocycles. The fourth-order valence-electron chi connectivity index (χ4n) is 3.18. The third-order valence-corrected chi connectivity index (χ3v) is 4.32. The summed E-state index contributed by atoms with van der Waals surface area (Å²) in [5, 5.41) is 6.85. The highest BCUT2D eigenvalue weighted by molar-refractivity contribution is 6.09. The van der Waals surface area contributed by atoms with Gasteiger partial charge in [0.1, 0.15) is 5.52 Å². The van der Waals surface area contributed by atoms with Crippen LogP contribution in [-0.2, 0) is 19.9 Å². The molecule has 4 nitrogen and oxygen atoms in total. The zero-order chi connectivity index (χ0) is 15.8. The van der Waals surface area contributed by atoms with E-state index >= 15 is 0 Å². The summed E-state index contributed by atoms with van der Waals surface area (Å²) >= 11 is 0. The number of nitrogens with two attached hydrogens (primary N) is 1. The van der Waals surface area contributed by atoms with E-state index in [2.05, 4.69) is 40.4 Å². The average molecular weight is 302 g/mol. The van der Waals surface area contributed by atoms with Crippen molar-refractivity contribution in [1.29, 1.82) is 0 Å². The van der Waals surface area contributed by atoms with Crippen molar-refractivity contribution in [3.63, 3.8) is 0 Å². The number of nitrogen functional groups attached to an aromatic ring is 1. The van der Waals surface area contributed by atoms with Crippen molar-refractivity contribution in [1.82, 2.24) is 14.8 Å². The van der Waals surface area contributed by atoms with Crippen LogP contribution in [-0.4, -0.2) is 14.8 Å². The predicted octanol–water partition coefficient (Wildman–Crippen LogP) is 3.49. The highest BCUT2D eigenvalue weighted by atomic mass is 15.3. The van der Waals surface area contributed by atoms with Crippen molar-refractivity contribution >= 4 is 27.6 Å². The molecule has 2 heterocycles. The summed E-state index contributed by atoms with van der Waals surface area (Å²) in [6.07, 6.45) is 1.90. The van der Waals surface area contributed by atoms with E-state index in [4.69, 9.17) is 5.73 Å². The second-order valence-electron chi connectivity index (χ2n) is 5.79. The Balaban J connectivity index is 1.87. The van der Waals surface area contributed by atoms with Gasteiger partial charge in [0.05, 0.1) is 5.52 Å². The third-order valence-electron chi connectivity index (χ3n) is 4.32. The molecule has 0 bridgehead atoms. The molecular formula is C19H18N4. The van der Waals surface area contributed by atoms with Crippen molar-refractivity contribution in [3.05, 3.63) is 65.9 Å². The minimum atomic E-state index is 0.500. The second kappa shape index (κ2) is 5.39. The Labute approximate surface area is 134 Å². The maximum absolute atomic E-state index is 6.12. The summed E-state index contributed by atoms with van der Waals surface area (Å²) in [6, 6.07) is 18.6. The van der Waals surface area contributed by atoms with Gasteiger partial charge in [-0.15, -0.1) is 0 Å². The van der Waals surface area contributed by atoms with Crippen LogP contribution in [0.3, 0.4) is 0 Å². The van der Waals surface area contributed by atoms with Crippen LogP contribution in [0.4, 0.5) is 5.82 Å². The fraction of sp³-hybridized carbons (Fsp3) is 0.158. The van der Waals surface area contributed by atoms with E-state index in [0.29, 0.717) is 5.82 Å². The lowest BCUT2D eigenvalue weighted by Crippen LogP contribution is -2.00. The molecule has 114 valence electrons. The highest BCUT2D eigenvalue weighted by Gasteiger charge is 2.15. The van der Waals surface area contributed by atoms with Gasteiger partial charge in [-0.1, -0.05) is 48.5 Å². The predicted molar refractivity (Wildman–Crippen MR) is 94.3 cm³/mol. The molecule has 4 rings (SSSR count). The number of rotatable bonds is 3. The zero-order valence-electron chi connectivity index (χ0n) is 13.0. The quantitative estimate of drug-likeness (QED) is 0.630. The Hall–Kier alpha value is -2.88. The topological polar surface area (TPSA) is 56.7 Å². The van der Waals surface area contributed by atoms with Gasteiger partial charge in [0.2, 0.25) is 0 Å². The van der Waals surface area contributed by atoms with Crippen LogP contribution in [0.1, 0.15) is 11.3 Å². The van der Waals surface area contributed by atoms with Crippen molar-refractivity contribution in [3.8, 4) is 0 Å². The number of para-hydroxylation sites is 1. The van der Waals surface area contributed by atoms with Crippen LogP contribution < -0.4 is 5.73 Å². The Bertz CT molecular complexity index is 987. The number of fused-ring (bicyclic) bond motifs is 3. The summed E-state index contributed by atoms with van der Waals surface area (Å²) < 4.78 is 1.94. The SMILES string of the molecule is Cn1nc2c(N)nc3ccccc3c2c1CCc1ccccc1. The molecule has 2 aromatic carbocycles. The molecule has 0 saturated heterocycles. The molecular weight excluding hydrogens is 284 g/mol. The van der Waals surface area contributed by atoms with E-state index in [-0.39, 0.29) is 0 Å². The molecule has 2 aromatic heterocycles. The summed E-state index contributed by atoms with van der Waals surface area (Å²) in [5.74, 6) is 0.500. The molecule has 23 heavy (non-hydrogen) atoms. The number of hydrogen-bond acceptors (Lipinski definition) is 3. The molecule has 0 amide bonds. The molecule has 0 aliphatic rings. The first-order valence-electron chi connectivity index (χ1n) is 7.78. The number of benzene rings is 2. The second-order valence-corrected chi connectivity index (χ2v) is 5.79. The van der Waals surface area contributed by atoms with Gasteiger partial charge in [0.25, 0.3) is 0 Å². The van der Waals surface area contributed by atoms with Gasteiger partial charge in [-0.2, -0.15) is 5.10 Å². The van der Waals surface area contributed by atoms with Gasteiger partial charge >= 0.3 is 0 Å². The lowest BCUT2D eigenvalue weighted by atomic mass is 10.0. The van der Waals surface area contributed by atoms with Crippen molar-refractivity contribution in [2.75, 3.05) is 5.73 Å². The maximum Gasteiger partial charge on any atom is 0.152 e. The lowest BCUT2D eigenvalue weighted by Gasteiger charge is -2.06. The van der Waals surface area contributed by atoms with Crippen LogP contribution in [0.2, 0.25) is 0 Å². The summed E-state index contributed by atoms with van der Waals surface area (Å²) in [5.41, 5.74) is 10.4. The first-order chi connectivity index (χ1) is 11.2. The van der Waals surface area contributed by atoms with Gasteiger partial charge in [0, 0.05) is 23.5 Å². The Morgan fingerprint density at radius 1 is 0.957 bits per heavy atom. The minimum Gasteiger partial charge on any atom is -0.382 e. The molecule has 0 aliphatic heterocycles. The van der Waals surface area contributed by atoms with E-state index in [1.165, 1.54) is 11.3 Å². The normalized spacial score (nSPS) is 11.3. The van der Waals surface area contributed by atoms with E-state index in [1.54, 1.807) is 0 Å². The van der Waals surface area contributed by atoms with Gasteiger partial charge in [0.15, 0.2) is 5.82 Å². The Morgan fingerprint density at radius 3 is 2.52 bits per heavy atom. The molecule has 0 atom stereocenters. The van der Waals surface area contributed by atoms with E-state index < -0.39 is 0 Å². The van der Waals surface area contributed by atoms with Crippen LogP contribution in [0.25, 0.3) is 21.8 Å². The molecule has 4 heteroatoms. The van der Waals surface area contributed by atoms with Crippen LogP contribution >= 0.6 is 0 Å². The molecule has 4 aromatic rings. The molecule has 2 N–H and O–H groups in total. The summed E-state index contributed by atoms with van der Waals surface area (Å²) in [6.45, 7) is 0. The molecule has 0 unspecified atom stereocenters. The van der Waals surface area contributed by atoms with E-state index in [0.717, 1.165) is 34.6 Å². The monoisotopic (exact) mass is 302 g/mol. The van der Waals surface area contributed by atoms with E-state index in [9.17, 15) is 0 Å². The average Bonchev–Trinajstić information content (AvgIpc) is 2.91. The van der Waals surface area contributed by atoms with Crippen molar-refractivity contribution < 1.29 is 0 Å². The van der Waals surface area contributed by atoms with Crippen molar-refractivity contribution in [2.45, 2.75) is 12.8 Å². The fourth-order valence-corrected chi connectivity index (χ4v) is 3.18. The minimum absolute atomic E-state index is 0.500. The number of aromatic nitrogens is 3. The standard InChI is InChI=1S/C19H18N4/c1-23-16(12-11-13-7-3-2-4-8-13)17-14-9-5-6-10-15(14)21-19(20)18(17)22-23/h2-10H,11-12H2,1H3,(H2,20,21). The van der Waals surface area contributed by atoms with Gasteiger partial charge in [-0.3, -0.25) is 4.68 Å². The number of pyridine rings is 1. The number of nitrogens with zero attached hydrogens (tertiary/aromatic N) is 3. The van der Waals surface area contributed by atoms with Crippen LogP contribution in [0.5, 0.6) is 0 Å². The zero-order valence-corrected chi connectivity index (χ0v) is 13.0. The van der Waals surface area contributed by atoms with Crippen LogP contribution in [0.15, 0.2) is 54.6 Å². The molecule has 0 spiro atoms. The molecule has 0 fully saturated rings. The smallest absolute Gasteiger partial charge is 0.152 e. The Morgan fingerprint density at radius 2 is 1.70 bits per heavy atom. The van der Waals surface area contributed by atoms with Gasteiger partial charge in [-0.25, -0.2) is 4.98 Å². The van der Waals surface area contributed by atoms with Crippen molar-refractivity contribution in [2.24, 2.45) is 7.05 Å². The van der Waals surface area contributed by atoms with Gasteiger partial charge in [-0.05, 0) is 24.5 Å². The molecule has 0 radical (unpaired) electrons. The van der Waals surface area contributed by atoms with E-state index in [1.807, 2.05) is 36.0 Å². The Kier molecular flexibility index (Phi) is 3.23. The number of aryl methyl sites for hydroxylation is 3. The number of anilines is 1. The number of hydrogen-bond donors (Lipinski definition) is 1. The van der Waals surface area contributed by atoms with Crippen LogP contribution in [0, 0.1) is 0 Å². The largest absolute Gasteiger partial charge is 0.382 e. The highest BCUT2D eigenvalue weighted by Crippen LogP contribution is 2.30. The molecule has 0 saturated carbocycles. The van der Waals surface area contributed by atoms with Gasteiger partial charge < -0.3 is 5.73 Å². The summed E-state index contributed by atoms with van der Waals surface area (Å²) in [7, 11) is 1.98.